The Labute approximate surface area is 128 Å². The molecule has 0 atom stereocenters. The first kappa shape index (κ1) is 13.7. The molecule has 3 rings (SSSR count). The van der Waals surface area contributed by atoms with E-state index in [9.17, 15) is 4.79 Å². The number of nitrogens with two attached hydrogens (primary N) is 1. The maximum absolute atomic E-state index is 12.1. The van der Waals surface area contributed by atoms with E-state index in [0.717, 1.165) is 22.8 Å². The topological polar surface area (TPSA) is 93.8 Å². The van der Waals surface area contributed by atoms with Crippen molar-refractivity contribution in [3.8, 4) is 11.3 Å². The Morgan fingerprint density at radius 2 is 2.05 bits per heavy atom. The molecule has 21 heavy (non-hydrogen) atoms. The van der Waals surface area contributed by atoms with Gasteiger partial charge in [-0.1, -0.05) is 16.6 Å². The molecule has 0 saturated heterocycles. The second-order valence-electron chi connectivity index (χ2n) is 4.30. The van der Waals surface area contributed by atoms with Crippen molar-refractivity contribution in [2.75, 3.05) is 11.1 Å². The summed E-state index contributed by atoms with van der Waals surface area (Å²) in [6, 6.07) is 7.43. The van der Waals surface area contributed by atoms with E-state index >= 15 is 0 Å². The van der Waals surface area contributed by atoms with Crippen molar-refractivity contribution in [1.82, 2.24) is 14.6 Å². The first-order chi connectivity index (χ1) is 10.1. The van der Waals surface area contributed by atoms with Crippen molar-refractivity contribution in [3.63, 3.8) is 0 Å². The van der Waals surface area contributed by atoms with Crippen molar-refractivity contribution in [2.45, 2.75) is 6.92 Å². The van der Waals surface area contributed by atoms with Crippen LogP contribution in [0.4, 0.5) is 10.8 Å². The largest absolute Gasteiger partial charge is 0.399 e. The number of hydrogen-bond acceptors (Lipinski definition) is 7. The van der Waals surface area contributed by atoms with Gasteiger partial charge in [-0.15, -0.1) is 16.4 Å². The first-order valence-corrected chi connectivity index (χ1v) is 7.70. The van der Waals surface area contributed by atoms with E-state index in [1.54, 1.807) is 6.92 Å². The molecule has 0 bridgehead atoms. The number of hydrogen-bond donors (Lipinski definition) is 2. The van der Waals surface area contributed by atoms with Crippen LogP contribution in [0, 0.1) is 6.92 Å². The van der Waals surface area contributed by atoms with Gasteiger partial charge in [-0.2, -0.15) is 0 Å². The Hall–Kier alpha value is -2.32. The van der Waals surface area contributed by atoms with Gasteiger partial charge in [0, 0.05) is 16.6 Å². The van der Waals surface area contributed by atoms with Gasteiger partial charge in [-0.05, 0) is 30.6 Å². The zero-order valence-electron chi connectivity index (χ0n) is 11.0. The van der Waals surface area contributed by atoms with Crippen LogP contribution >= 0.6 is 22.9 Å². The monoisotopic (exact) mass is 317 g/mol. The standard InChI is InChI=1S/C13H11N5OS2/c1-7-11(21-18-17-7)12(19)16-13-15-10(6-20-13)8-2-4-9(14)5-3-8/h2-6H,14H2,1H3,(H,15,16,19). The predicted octanol–water partition coefficient (Wildman–Crippen LogP) is 2.80. The molecule has 1 amide bonds. The fourth-order valence-electron chi connectivity index (χ4n) is 1.71. The van der Waals surface area contributed by atoms with Crippen LogP contribution in [-0.2, 0) is 0 Å². The van der Waals surface area contributed by atoms with E-state index in [4.69, 9.17) is 5.73 Å². The van der Waals surface area contributed by atoms with Gasteiger partial charge >= 0.3 is 0 Å². The Kier molecular flexibility index (Phi) is 3.63. The Balaban J connectivity index is 1.78. The molecule has 0 aliphatic rings. The molecule has 8 heteroatoms. The zero-order chi connectivity index (χ0) is 14.8. The van der Waals surface area contributed by atoms with Gasteiger partial charge in [0.05, 0.1) is 11.4 Å². The van der Waals surface area contributed by atoms with Gasteiger partial charge in [-0.25, -0.2) is 4.98 Å². The van der Waals surface area contributed by atoms with Gasteiger partial charge in [-0.3, -0.25) is 10.1 Å². The number of amides is 1. The summed E-state index contributed by atoms with van der Waals surface area (Å²) in [6.45, 7) is 1.75. The fraction of sp³-hybridized carbons (Fsp3) is 0.0769. The molecule has 106 valence electrons. The van der Waals surface area contributed by atoms with Crippen molar-refractivity contribution < 1.29 is 4.79 Å². The van der Waals surface area contributed by atoms with Crippen LogP contribution in [-0.4, -0.2) is 20.5 Å². The average Bonchev–Trinajstić information content (AvgIpc) is 3.09. The highest BCUT2D eigenvalue weighted by Crippen LogP contribution is 2.26. The summed E-state index contributed by atoms with van der Waals surface area (Å²) in [7, 11) is 0. The number of nitrogen functional groups attached to an aromatic ring is 1. The minimum atomic E-state index is -0.235. The molecule has 0 spiro atoms. The number of thiazole rings is 1. The molecular formula is C13H11N5OS2. The Bertz CT molecular complexity index is 778. The van der Waals surface area contributed by atoms with E-state index in [1.807, 2.05) is 29.6 Å². The first-order valence-electron chi connectivity index (χ1n) is 6.05. The highest BCUT2D eigenvalue weighted by molar-refractivity contribution is 7.14. The summed E-state index contributed by atoms with van der Waals surface area (Å²) >= 11 is 2.44. The zero-order valence-corrected chi connectivity index (χ0v) is 12.7. The number of anilines is 2. The lowest BCUT2D eigenvalue weighted by Gasteiger charge is -1.99. The van der Waals surface area contributed by atoms with Gasteiger partial charge in [0.25, 0.3) is 5.91 Å². The molecule has 0 aliphatic heterocycles. The van der Waals surface area contributed by atoms with E-state index in [1.165, 1.54) is 11.3 Å². The summed E-state index contributed by atoms with van der Waals surface area (Å²) in [6.07, 6.45) is 0. The minimum Gasteiger partial charge on any atom is -0.399 e. The van der Waals surface area contributed by atoms with E-state index in [0.29, 0.717) is 21.4 Å². The van der Waals surface area contributed by atoms with Gasteiger partial charge in [0.1, 0.15) is 4.88 Å². The number of rotatable bonds is 3. The third-order valence-corrected chi connectivity index (χ3v) is 4.37. The molecule has 0 unspecified atom stereocenters. The second-order valence-corrected chi connectivity index (χ2v) is 5.91. The van der Waals surface area contributed by atoms with Crippen LogP contribution in [0.3, 0.4) is 0 Å². The van der Waals surface area contributed by atoms with Crippen molar-refractivity contribution >= 4 is 39.6 Å². The molecule has 3 aromatic rings. The Morgan fingerprint density at radius 1 is 1.29 bits per heavy atom. The second kappa shape index (κ2) is 5.58. The van der Waals surface area contributed by atoms with Crippen LogP contribution in [0.2, 0.25) is 0 Å². The number of carbonyl (C=O) groups excluding carboxylic acids is 1. The summed E-state index contributed by atoms with van der Waals surface area (Å²) in [4.78, 5) is 17.0. The minimum absolute atomic E-state index is 0.235. The van der Waals surface area contributed by atoms with Crippen LogP contribution in [0.1, 0.15) is 15.4 Å². The van der Waals surface area contributed by atoms with Gasteiger partial charge in [0.2, 0.25) is 0 Å². The number of carbonyl (C=O) groups is 1. The van der Waals surface area contributed by atoms with Gasteiger partial charge < -0.3 is 5.73 Å². The summed E-state index contributed by atoms with van der Waals surface area (Å²) in [5.74, 6) is -0.235. The lowest BCUT2D eigenvalue weighted by molar-refractivity contribution is 0.103. The normalized spacial score (nSPS) is 10.5. The summed E-state index contributed by atoms with van der Waals surface area (Å²) < 4.78 is 3.75. The molecule has 3 N–H and O–H groups in total. The molecule has 0 saturated carbocycles. The van der Waals surface area contributed by atoms with E-state index < -0.39 is 0 Å². The third-order valence-electron chi connectivity index (χ3n) is 2.79. The van der Waals surface area contributed by atoms with Crippen molar-refractivity contribution in [3.05, 3.63) is 40.2 Å². The lowest BCUT2D eigenvalue weighted by Crippen LogP contribution is -2.11. The molecule has 0 aliphatic carbocycles. The quantitative estimate of drug-likeness (QED) is 0.724. The SMILES string of the molecule is Cc1nnsc1C(=O)Nc1nc(-c2ccc(N)cc2)cs1. The smallest absolute Gasteiger partial charge is 0.271 e. The van der Waals surface area contributed by atoms with Crippen LogP contribution in [0.15, 0.2) is 29.6 Å². The van der Waals surface area contributed by atoms with Crippen molar-refractivity contribution in [2.24, 2.45) is 0 Å². The molecule has 1 aromatic carbocycles. The fourth-order valence-corrected chi connectivity index (χ4v) is 2.98. The van der Waals surface area contributed by atoms with Crippen molar-refractivity contribution in [1.29, 1.82) is 0 Å². The lowest BCUT2D eigenvalue weighted by atomic mass is 10.1. The highest BCUT2D eigenvalue weighted by Gasteiger charge is 2.15. The van der Waals surface area contributed by atoms with E-state index in [2.05, 4.69) is 19.9 Å². The number of nitrogens with zero attached hydrogens (tertiary/aromatic N) is 3. The maximum atomic E-state index is 12.1. The molecule has 0 fully saturated rings. The summed E-state index contributed by atoms with van der Waals surface area (Å²) in [5, 5.41) is 9.01. The highest BCUT2D eigenvalue weighted by atomic mass is 32.1. The molecule has 0 radical (unpaired) electrons. The predicted molar refractivity (Wildman–Crippen MR) is 84.6 cm³/mol. The van der Waals surface area contributed by atoms with Crippen LogP contribution in [0.25, 0.3) is 11.3 Å². The maximum Gasteiger partial charge on any atom is 0.271 e. The number of aromatic nitrogens is 3. The molecular weight excluding hydrogens is 306 g/mol. The van der Waals surface area contributed by atoms with E-state index in [-0.39, 0.29) is 5.91 Å². The number of benzene rings is 1. The number of nitrogens with one attached hydrogen (secondary N) is 1. The third kappa shape index (κ3) is 2.91. The van der Waals surface area contributed by atoms with Gasteiger partial charge in [0.15, 0.2) is 5.13 Å². The number of aryl methyl sites for hydroxylation is 1. The average molecular weight is 317 g/mol. The molecule has 2 heterocycles. The van der Waals surface area contributed by atoms with Crippen LogP contribution in [0.5, 0.6) is 0 Å². The van der Waals surface area contributed by atoms with Crippen LogP contribution < -0.4 is 11.1 Å². The molecule has 2 aromatic heterocycles. The summed E-state index contributed by atoms with van der Waals surface area (Å²) in [5.41, 5.74) is 8.74. The Morgan fingerprint density at radius 3 is 2.71 bits per heavy atom. The molecule has 6 nitrogen and oxygen atoms in total.